The summed E-state index contributed by atoms with van der Waals surface area (Å²) < 4.78 is 0.925. The highest BCUT2D eigenvalue weighted by molar-refractivity contribution is 7.21. The van der Waals surface area contributed by atoms with Gasteiger partial charge in [-0.3, -0.25) is 4.79 Å². The Labute approximate surface area is 114 Å². The minimum atomic E-state index is -0.147. The molecule has 5 heteroatoms. The molecule has 1 amide bonds. The summed E-state index contributed by atoms with van der Waals surface area (Å²) in [5.74, 6) is -0.147. The Kier molecular flexibility index (Phi) is 3.89. The van der Waals surface area contributed by atoms with Gasteiger partial charge in [0.1, 0.15) is 4.88 Å². The monoisotopic (exact) mass is 280 g/mol. The van der Waals surface area contributed by atoms with Crippen molar-refractivity contribution in [3.63, 3.8) is 0 Å². The number of nitrogens with two attached hydrogens (primary N) is 1. The van der Waals surface area contributed by atoms with Crippen LogP contribution in [0.25, 0.3) is 10.1 Å². The van der Waals surface area contributed by atoms with Gasteiger partial charge in [-0.2, -0.15) is 0 Å². The second-order valence-electron chi connectivity index (χ2n) is 3.82. The van der Waals surface area contributed by atoms with E-state index in [2.05, 4.69) is 11.9 Å². The van der Waals surface area contributed by atoms with Crippen LogP contribution in [0.1, 0.15) is 16.1 Å². The van der Waals surface area contributed by atoms with E-state index in [0.29, 0.717) is 22.1 Å². The summed E-state index contributed by atoms with van der Waals surface area (Å²) in [6, 6.07) is 5.43. The van der Waals surface area contributed by atoms with Crippen molar-refractivity contribution in [1.29, 1.82) is 0 Å². The van der Waals surface area contributed by atoms with E-state index in [0.717, 1.165) is 16.5 Å². The van der Waals surface area contributed by atoms with Gasteiger partial charge >= 0.3 is 0 Å². The summed E-state index contributed by atoms with van der Waals surface area (Å²) in [6.45, 7) is 4.17. The largest absolute Gasteiger partial charge is 0.397 e. The van der Waals surface area contributed by atoms with Crippen LogP contribution in [-0.2, 0) is 0 Å². The van der Waals surface area contributed by atoms with E-state index in [4.69, 9.17) is 17.3 Å². The number of hydrogen-bond acceptors (Lipinski definition) is 3. The number of nitrogen functional groups attached to an aromatic ring is 1. The predicted octanol–water partition coefficient (Wildman–Crippen LogP) is 3.44. The molecule has 0 bridgehead atoms. The third kappa shape index (κ3) is 2.49. The number of amides is 1. The molecule has 2 rings (SSSR count). The van der Waals surface area contributed by atoms with Gasteiger partial charge in [-0.05, 0) is 24.6 Å². The van der Waals surface area contributed by atoms with Crippen molar-refractivity contribution in [3.8, 4) is 0 Å². The first-order valence-corrected chi connectivity index (χ1v) is 6.69. The molecular weight excluding hydrogens is 268 g/mol. The number of thiophene rings is 1. The lowest BCUT2D eigenvalue weighted by Gasteiger charge is -2.01. The number of benzene rings is 1. The lowest BCUT2D eigenvalue weighted by Crippen LogP contribution is -2.23. The van der Waals surface area contributed by atoms with Crippen LogP contribution < -0.4 is 11.1 Å². The van der Waals surface area contributed by atoms with Gasteiger partial charge in [0.2, 0.25) is 0 Å². The lowest BCUT2D eigenvalue weighted by molar-refractivity contribution is 0.0959. The van der Waals surface area contributed by atoms with Crippen LogP contribution in [0.15, 0.2) is 30.9 Å². The van der Waals surface area contributed by atoms with Gasteiger partial charge in [0.05, 0.1) is 5.69 Å². The maximum atomic E-state index is 11.9. The van der Waals surface area contributed by atoms with Crippen LogP contribution in [0, 0.1) is 0 Å². The van der Waals surface area contributed by atoms with E-state index in [-0.39, 0.29) is 5.91 Å². The van der Waals surface area contributed by atoms with Gasteiger partial charge in [0, 0.05) is 21.7 Å². The second kappa shape index (κ2) is 5.42. The van der Waals surface area contributed by atoms with Crippen LogP contribution in [0.4, 0.5) is 5.69 Å². The zero-order chi connectivity index (χ0) is 13.1. The SMILES string of the molecule is C=CCCNC(=O)c1sc2cc(Cl)ccc2c1N. The molecule has 18 heavy (non-hydrogen) atoms. The van der Waals surface area contributed by atoms with Gasteiger partial charge in [-0.25, -0.2) is 0 Å². The normalized spacial score (nSPS) is 10.5. The molecule has 0 unspecified atom stereocenters. The fourth-order valence-electron chi connectivity index (χ4n) is 1.63. The number of carbonyl (C=O) groups is 1. The molecule has 0 aliphatic rings. The summed E-state index contributed by atoms with van der Waals surface area (Å²) >= 11 is 7.27. The molecule has 0 saturated carbocycles. The molecule has 1 heterocycles. The topological polar surface area (TPSA) is 55.1 Å². The standard InChI is InChI=1S/C13H13ClN2OS/c1-2-3-6-16-13(17)12-11(15)9-5-4-8(14)7-10(9)18-12/h2,4-5,7H,1,3,6,15H2,(H,16,17). The predicted molar refractivity (Wildman–Crippen MR) is 78.4 cm³/mol. The van der Waals surface area contributed by atoms with E-state index in [1.54, 1.807) is 12.1 Å². The number of fused-ring (bicyclic) bond motifs is 1. The number of halogens is 1. The number of nitrogens with one attached hydrogen (secondary N) is 1. The van der Waals surface area contributed by atoms with Crippen molar-refractivity contribution >= 4 is 44.6 Å². The van der Waals surface area contributed by atoms with Crippen molar-refractivity contribution in [2.24, 2.45) is 0 Å². The molecule has 1 aromatic heterocycles. The molecule has 0 aliphatic carbocycles. The fourth-order valence-corrected chi connectivity index (χ4v) is 2.94. The molecule has 0 atom stereocenters. The first-order valence-electron chi connectivity index (χ1n) is 5.50. The van der Waals surface area contributed by atoms with Crippen LogP contribution in [0.5, 0.6) is 0 Å². The summed E-state index contributed by atoms with van der Waals surface area (Å²) in [5.41, 5.74) is 6.50. The molecule has 3 N–H and O–H groups in total. The number of anilines is 1. The average Bonchev–Trinajstić information content (AvgIpc) is 2.66. The van der Waals surface area contributed by atoms with E-state index < -0.39 is 0 Å². The Hall–Kier alpha value is -1.52. The van der Waals surface area contributed by atoms with Crippen LogP contribution in [-0.4, -0.2) is 12.5 Å². The number of carbonyl (C=O) groups excluding carboxylic acids is 1. The number of hydrogen-bond donors (Lipinski definition) is 2. The van der Waals surface area contributed by atoms with Gasteiger partial charge in [-0.15, -0.1) is 17.9 Å². The zero-order valence-electron chi connectivity index (χ0n) is 9.70. The Morgan fingerprint density at radius 3 is 3.06 bits per heavy atom. The van der Waals surface area contributed by atoms with E-state index >= 15 is 0 Å². The summed E-state index contributed by atoms with van der Waals surface area (Å²) in [4.78, 5) is 12.5. The molecule has 0 aliphatic heterocycles. The third-order valence-corrected chi connectivity index (χ3v) is 3.93. The fraction of sp³-hybridized carbons (Fsp3) is 0.154. The highest BCUT2D eigenvalue weighted by atomic mass is 35.5. The first kappa shape index (κ1) is 12.9. The van der Waals surface area contributed by atoms with Gasteiger partial charge in [0.15, 0.2) is 0 Å². The minimum absolute atomic E-state index is 0.147. The molecule has 94 valence electrons. The average molecular weight is 281 g/mol. The second-order valence-corrected chi connectivity index (χ2v) is 5.31. The molecule has 3 nitrogen and oxygen atoms in total. The number of rotatable bonds is 4. The third-order valence-electron chi connectivity index (χ3n) is 2.53. The highest BCUT2D eigenvalue weighted by Crippen LogP contribution is 2.35. The van der Waals surface area contributed by atoms with Gasteiger partial charge < -0.3 is 11.1 Å². The van der Waals surface area contributed by atoms with Crippen LogP contribution in [0.3, 0.4) is 0 Å². The molecular formula is C13H13ClN2OS. The molecule has 0 spiro atoms. The van der Waals surface area contributed by atoms with Crippen molar-refractivity contribution in [2.75, 3.05) is 12.3 Å². The van der Waals surface area contributed by atoms with Crippen LogP contribution >= 0.6 is 22.9 Å². The summed E-state index contributed by atoms with van der Waals surface area (Å²) in [6.07, 6.45) is 2.50. The van der Waals surface area contributed by atoms with E-state index in [1.165, 1.54) is 11.3 Å². The Balaban J connectivity index is 2.30. The lowest BCUT2D eigenvalue weighted by atomic mass is 10.2. The zero-order valence-corrected chi connectivity index (χ0v) is 11.3. The Morgan fingerprint density at radius 2 is 2.33 bits per heavy atom. The maximum absolute atomic E-state index is 11.9. The molecule has 1 aromatic carbocycles. The molecule has 2 aromatic rings. The summed E-state index contributed by atoms with van der Waals surface area (Å²) in [5, 5.41) is 4.32. The van der Waals surface area contributed by atoms with Crippen molar-refractivity contribution in [2.45, 2.75) is 6.42 Å². The van der Waals surface area contributed by atoms with E-state index in [9.17, 15) is 4.79 Å². The van der Waals surface area contributed by atoms with Crippen LogP contribution in [0.2, 0.25) is 5.02 Å². The smallest absolute Gasteiger partial charge is 0.263 e. The van der Waals surface area contributed by atoms with Gasteiger partial charge in [0.25, 0.3) is 5.91 Å². The van der Waals surface area contributed by atoms with E-state index in [1.807, 2.05) is 12.1 Å². The molecule has 0 radical (unpaired) electrons. The first-order chi connectivity index (χ1) is 8.63. The highest BCUT2D eigenvalue weighted by Gasteiger charge is 2.15. The quantitative estimate of drug-likeness (QED) is 0.666. The van der Waals surface area contributed by atoms with Crippen molar-refractivity contribution < 1.29 is 4.79 Å². The Bertz CT molecular complexity index is 606. The Morgan fingerprint density at radius 1 is 1.56 bits per heavy atom. The molecule has 0 saturated heterocycles. The minimum Gasteiger partial charge on any atom is -0.397 e. The maximum Gasteiger partial charge on any atom is 0.263 e. The van der Waals surface area contributed by atoms with Crippen molar-refractivity contribution in [3.05, 3.63) is 40.8 Å². The van der Waals surface area contributed by atoms with Crippen molar-refractivity contribution in [1.82, 2.24) is 5.32 Å². The summed E-state index contributed by atoms with van der Waals surface area (Å²) in [7, 11) is 0. The van der Waals surface area contributed by atoms with Gasteiger partial charge in [-0.1, -0.05) is 17.7 Å². The molecule has 0 fully saturated rings.